The molecule has 0 aromatic heterocycles. The van der Waals surface area contributed by atoms with Gasteiger partial charge in [0.15, 0.2) is 0 Å². The second-order valence-electron chi connectivity index (χ2n) is 4.52. The molecule has 0 saturated heterocycles. The van der Waals surface area contributed by atoms with E-state index in [9.17, 15) is 4.79 Å². The van der Waals surface area contributed by atoms with Crippen molar-refractivity contribution >= 4 is 23.6 Å². The van der Waals surface area contributed by atoms with Gasteiger partial charge in [0.05, 0.1) is 6.61 Å². The van der Waals surface area contributed by atoms with Crippen LogP contribution in [0.4, 0.5) is 0 Å². The van der Waals surface area contributed by atoms with Gasteiger partial charge in [0.2, 0.25) is 0 Å². The van der Waals surface area contributed by atoms with Crippen LogP contribution in [0.15, 0.2) is 54.1 Å². The lowest BCUT2D eigenvalue weighted by Crippen LogP contribution is -2.05. The van der Waals surface area contributed by atoms with Crippen molar-refractivity contribution in [1.29, 1.82) is 5.26 Å². The van der Waals surface area contributed by atoms with Crippen LogP contribution in [0.5, 0.6) is 11.5 Å². The molecular weight excluding hydrogens is 314 g/mol. The van der Waals surface area contributed by atoms with Crippen molar-refractivity contribution in [2.45, 2.75) is 6.92 Å². The lowest BCUT2D eigenvalue weighted by Gasteiger charge is -2.06. The Labute approximate surface area is 139 Å². The number of nitriles is 1. The number of nitrogens with zero attached hydrogens (tertiary/aromatic N) is 1. The number of benzene rings is 2. The summed E-state index contributed by atoms with van der Waals surface area (Å²) in [5.41, 5.74) is 0.608. The fourth-order valence-corrected chi connectivity index (χ4v) is 1.94. The smallest absolute Gasteiger partial charge is 0.348 e. The zero-order chi connectivity index (χ0) is 16.7. The summed E-state index contributed by atoms with van der Waals surface area (Å²) >= 11 is 5.83. The van der Waals surface area contributed by atoms with E-state index in [0.29, 0.717) is 22.1 Å². The van der Waals surface area contributed by atoms with Crippen LogP contribution < -0.4 is 4.74 Å². The van der Waals surface area contributed by atoms with Crippen molar-refractivity contribution in [3.05, 3.63) is 64.7 Å². The summed E-state index contributed by atoms with van der Waals surface area (Å²) in [6.07, 6.45) is 1.46. The topological polar surface area (TPSA) is 59.3 Å². The zero-order valence-corrected chi connectivity index (χ0v) is 13.2. The summed E-state index contributed by atoms with van der Waals surface area (Å²) in [4.78, 5) is 11.6. The first kappa shape index (κ1) is 16.6. The van der Waals surface area contributed by atoms with E-state index in [1.807, 2.05) is 6.07 Å². The highest BCUT2D eigenvalue weighted by Crippen LogP contribution is 2.24. The van der Waals surface area contributed by atoms with E-state index in [4.69, 9.17) is 26.3 Å². The molecule has 0 spiro atoms. The van der Waals surface area contributed by atoms with Gasteiger partial charge in [0.25, 0.3) is 0 Å². The molecule has 0 unspecified atom stereocenters. The summed E-state index contributed by atoms with van der Waals surface area (Å²) in [6.45, 7) is 1.91. The van der Waals surface area contributed by atoms with Crippen molar-refractivity contribution in [3.63, 3.8) is 0 Å². The van der Waals surface area contributed by atoms with Gasteiger partial charge >= 0.3 is 5.97 Å². The van der Waals surface area contributed by atoms with Crippen molar-refractivity contribution in [2.75, 3.05) is 6.61 Å². The lowest BCUT2D eigenvalue weighted by atomic mass is 10.1. The van der Waals surface area contributed by atoms with Crippen molar-refractivity contribution in [3.8, 4) is 17.6 Å². The molecule has 0 atom stereocenters. The Morgan fingerprint density at radius 2 is 1.96 bits per heavy atom. The van der Waals surface area contributed by atoms with Crippen molar-refractivity contribution in [1.82, 2.24) is 0 Å². The molecule has 0 aliphatic heterocycles. The standard InChI is InChI=1S/C18H14ClNO3/c1-2-22-18(21)14(12-20)10-13-4-3-5-17(11-13)23-16-8-6-15(19)7-9-16/h3-11H,2H2,1H3/b14-10+. The lowest BCUT2D eigenvalue weighted by molar-refractivity contribution is -0.137. The molecule has 4 nitrogen and oxygen atoms in total. The van der Waals surface area contributed by atoms with E-state index in [2.05, 4.69) is 0 Å². The predicted molar refractivity (Wildman–Crippen MR) is 88.2 cm³/mol. The first-order chi connectivity index (χ1) is 11.1. The van der Waals surface area contributed by atoms with Gasteiger partial charge in [-0.3, -0.25) is 0 Å². The van der Waals surface area contributed by atoms with E-state index in [1.165, 1.54) is 6.08 Å². The van der Waals surface area contributed by atoms with Crippen molar-refractivity contribution < 1.29 is 14.3 Å². The van der Waals surface area contributed by atoms with Crippen LogP contribution in [-0.4, -0.2) is 12.6 Å². The summed E-state index contributed by atoms with van der Waals surface area (Å²) in [5.74, 6) is 0.586. The van der Waals surface area contributed by atoms with Gasteiger partial charge < -0.3 is 9.47 Å². The van der Waals surface area contributed by atoms with Gasteiger partial charge in [0, 0.05) is 5.02 Å². The Balaban J connectivity index is 2.20. The summed E-state index contributed by atoms with van der Waals surface area (Å²) < 4.78 is 10.5. The van der Waals surface area contributed by atoms with Crippen molar-refractivity contribution in [2.24, 2.45) is 0 Å². The molecule has 0 radical (unpaired) electrons. The molecule has 2 aromatic rings. The maximum atomic E-state index is 11.6. The minimum atomic E-state index is -0.640. The van der Waals surface area contributed by atoms with Crippen LogP contribution in [-0.2, 0) is 9.53 Å². The molecule has 0 heterocycles. The Morgan fingerprint density at radius 3 is 2.61 bits per heavy atom. The van der Waals surface area contributed by atoms with Gasteiger partial charge in [-0.2, -0.15) is 5.26 Å². The van der Waals surface area contributed by atoms with Crippen LogP contribution >= 0.6 is 11.6 Å². The van der Waals surface area contributed by atoms with Gasteiger partial charge in [-0.15, -0.1) is 0 Å². The monoisotopic (exact) mass is 327 g/mol. The highest BCUT2D eigenvalue weighted by atomic mass is 35.5. The van der Waals surface area contributed by atoms with Crippen LogP contribution in [0.2, 0.25) is 5.02 Å². The van der Waals surface area contributed by atoms with Crippen LogP contribution in [0.1, 0.15) is 12.5 Å². The molecule has 0 fully saturated rings. The third kappa shape index (κ3) is 4.87. The van der Waals surface area contributed by atoms with Gasteiger partial charge in [-0.1, -0.05) is 23.7 Å². The Hall–Kier alpha value is -2.77. The molecule has 116 valence electrons. The average Bonchev–Trinajstić information content (AvgIpc) is 2.55. The predicted octanol–water partition coefficient (Wildman–Crippen LogP) is 4.60. The van der Waals surface area contributed by atoms with Gasteiger partial charge in [-0.25, -0.2) is 4.79 Å². The number of esters is 1. The maximum absolute atomic E-state index is 11.6. The first-order valence-electron chi connectivity index (χ1n) is 6.94. The molecular formula is C18H14ClNO3. The Morgan fingerprint density at radius 1 is 1.22 bits per heavy atom. The third-order valence-corrected chi connectivity index (χ3v) is 3.09. The number of carbonyl (C=O) groups excluding carboxylic acids is 1. The van der Waals surface area contributed by atoms with Crippen LogP contribution in [0.3, 0.4) is 0 Å². The normalized spacial score (nSPS) is 10.7. The minimum absolute atomic E-state index is 0.0597. The fraction of sp³-hybridized carbons (Fsp3) is 0.111. The largest absolute Gasteiger partial charge is 0.462 e. The maximum Gasteiger partial charge on any atom is 0.348 e. The average molecular weight is 328 g/mol. The molecule has 5 heteroatoms. The molecule has 2 aromatic carbocycles. The first-order valence-corrected chi connectivity index (χ1v) is 7.32. The van der Waals surface area contributed by atoms with Crippen LogP contribution in [0, 0.1) is 11.3 Å². The van der Waals surface area contributed by atoms with Gasteiger partial charge in [0.1, 0.15) is 23.1 Å². The number of halogens is 1. The number of rotatable bonds is 5. The molecule has 0 N–H and O–H groups in total. The molecule has 2 rings (SSSR count). The summed E-state index contributed by atoms with van der Waals surface area (Å²) in [7, 11) is 0. The highest BCUT2D eigenvalue weighted by Gasteiger charge is 2.09. The second kappa shape index (κ2) is 8.02. The van der Waals surface area contributed by atoms with E-state index < -0.39 is 5.97 Å². The summed E-state index contributed by atoms with van der Waals surface area (Å²) in [5, 5.41) is 9.68. The summed E-state index contributed by atoms with van der Waals surface area (Å²) in [6, 6.07) is 15.9. The van der Waals surface area contributed by atoms with E-state index in [0.717, 1.165) is 0 Å². The molecule has 0 amide bonds. The molecule has 0 saturated carbocycles. The zero-order valence-electron chi connectivity index (χ0n) is 12.5. The van der Waals surface area contributed by atoms with E-state index in [1.54, 1.807) is 55.5 Å². The minimum Gasteiger partial charge on any atom is -0.462 e. The quantitative estimate of drug-likeness (QED) is 0.457. The number of hydrogen-bond donors (Lipinski definition) is 0. The Bertz CT molecular complexity index is 761. The molecule has 23 heavy (non-hydrogen) atoms. The molecule has 0 aliphatic carbocycles. The van der Waals surface area contributed by atoms with E-state index in [-0.39, 0.29) is 12.2 Å². The van der Waals surface area contributed by atoms with E-state index >= 15 is 0 Å². The highest BCUT2D eigenvalue weighted by molar-refractivity contribution is 6.30. The number of carbonyl (C=O) groups is 1. The molecule has 0 bridgehead atoms. The number of ether oxygens (including phenoxy) is 2. The Kier molecular flexibility index (Phi) is 5.79. The van der Waals surface area contributed by atoms with Gasteiger partial charge in [-0.05, 0) is 55.0 Å². The SMILES string of the molecule is CCOC(=O)/C(C#N)=C/c1cccc(Oc2ccc(Cl)cc2)c1. The number of hydrogen-bond acceptors (Lipinski definition) is 4. The third-order valence-electron chi connectivity index (χ3n) is 2.83. The molecule has 0 aliphatic rings. The van der Waals surface area contributed by atoms with Crippen LogP contribution in [0.25, 0.3) is 6.08 Å². The second-order valence-corrected chi connectivity index (χ2v) is 4.96. The fourth-order valence-electron chi connectivity index (χ4n) is 1.82.